The quantitative estimate of drug-likeness (QED) is 0.305. The minimum atomic E-state index is -3.98. The molecule has 2 aromatic rings. The van der Waals surface area contributed by atoms with E-state index < -0.39 is 34.4 Å². The van der Waals surface area contributed by atoms with Crippen molar-refractivity contribution in [3.8, 4) is 11.8 Å². The van der Waals surface area contributed by atoms with Crippen LogP contribution in [0.15, 0.2) is 59.0 Å². The molecule has 0 aliphatic rings. The number of carboxylic acid groups (broad SMARTS) is 1. The summed E-state index contributed by atoms with van der Waals surface area (Å²) in [5, 5.41) is 9.04. The van der Waals surface area contributed by atoms with Gasteiger partial charge in [-0.1, -0.05) is 29.5 Å². The Hall–Kier alpha value is -4.10. The molecule has 0 radical (unpaired) electrons. The monoisotopic (exact) mass is 499 g/mol. The van der Waals surface area contributed by atoms with Crippen LogP contribution in [0.2, 0.25) is 0 Å². The molecule has 0 atom stereocenters. The molecule has 184 valence electrons. The summed E-state index contributed by atoms with van der Waals surface area (Å²) in [4.78, 5) is 35.3. The van der Waals surface area contributed by atoms with Crippen LogP contribution in [0.4, 0.5) is 5.69 Å². The fourth-order valence-corrected chi connectivity index (χ4v) is 3.85. The molecule has 0 saturated heterocycles. The number of aliphatic carboxylic acids is 1. The molecule has 0 fully saturated rings. The van der Waals surface area contributed by atoms with Gasteiger partial charge in [0.1, 0.15) is 0 Å². The molecule has 0 spiro atoms. The lowest BCUT2D eigenvalue weighted by Gasteiger charge is -2.11. The number of anilines is 1. The van der Waals surface area contributed by atoms with E-state index in [2.05, 4.69) is 16.6 Å². The predicted molar refractivity (Wildman–Crippen MR) is 128 cm³/mol. The van der Waals surface area contributed by atoms with Crippen LogP contribution in [-0.4, -0.2) is 44.6 Å². The zero-order chi connectivity index (χ0) is 26.0. The van der Waals surface area contributed by atoms with E-state index in [1.54, 1.807) is 26.0 Å². The molecular weight excluding hydrogens is 474 g/mol. The topological polar surface area (TPSA) is 136 Å². The standard InChI is InChI=1S/C25H25NO8S/c1-4-33-24(29)19(16-23(27)28)8-6-7-18-15-20(25(30)34-5-2)11-14-22(18)26-35(31,32)21-12-9-17(3)10-13-21/h8-15,26H,4-5,16H2,1-3H3,(H,27,28)/b19-8+. The van der Waals surface area contributed by atoms with Gasteiger partial charge < -0.3 is 14.6 Å². The average molecular weight is 500 g/mol. The number of ether oxygens (including phenoxy) is 2. The maximum Gasteiger partial charge on any atom is 0.338 e. The lowest BCUT2D eigenvalue weighted by molar-refractivity contribution is -0.142. The Morgan fingerprint density at radius 3 is 2.29 bits per heavy atom. The van der Waals surface area contributed by atoms with E-state index in [1.807, 2.05) is 6.92 Å². The number of esters is 2. The van der Waals surface area contributed by atoms with Crippen molar-refractivity contribution in [1.82, 2.24) is 0 Å². The number of benzene rings is 2. The van der Waals surface area contributed by atoms with Gasteiger partial charge in [0, 0.05) is 5.56 Å². The van der Waals surface area contributed by atoms with Gasteiger partial charge in [0.05, 0.1) is 41.4 Å². The summed E-state index contributed by atoms with van der Waals surface area (Å²) < 4.78 is 38.0. The van der Waals surface area contributed by atoms with Crippen LogP contribution in [0.1, 0.15) is 41.8 Å². The summed E-state index contributed by atoms with van der Waals surface area (Å²) in [5.41, 5.74) is 1.03. The van der Waals surface area contributed by atoms with Crippen LogP contribution in [0, 0.1) is 18.8 Å². The van der Waals surface area contributed by atoms with Crippen molar-refractivity contribution in [2.45, 2.75) is 32.1 Å². The highest BCUT2D eigenvalue weighted by Crippen LogP contribution is 2.22. The summed E-state index contributed by atoms with van der Waals surface area (Å²) in [7, 11) is -3.98. The number of rotatable bonds is 9. The third-order valence-electron chi connectivity index (χ3n) is 4.44. The van der Waals surface area contributed by atoms with E-state index in [1.165, 1.54) is 30.3 Å². The van der Waals surface area contributed by atoms with Gasteiger partial charge in [-0.15, -0.1) is 0 Å². The molecule has 0 saturated carbocycles. The van der Waals surface area contributed by atoms with Crippen LogP contribution < -0.4 is 4.72 Å². The van der Waals surface area contributed by atoms with E-state index in [0.29, 0.717) is 0 Å². The zero-order valence-electron chi connectivity index (χ0n) is 19.5. The first-order valence-corrected chi connectivity index (χ1v) is 12.1. The van der Waals surface area contributed by atoms with Crippen molar-refractivity contribution < 1.29 is 37.4 Å². The van der Waals surface area contributed by atoms with Gasteiger partial charge in [0.15, 0.2) is 0 Å². The number of nitrogens with one attached hydrogen (secondary N) is 1. The minimum absolute atomic E-state index is 0.0300. The average Bonchev–Trinajstić information content (AvgIpc) is 2.79. The second kappa shape index (κ2) is 12.4. The van der Waals surface area contributed by atoms with Crippen LogP contribution >= 0.6 is 0 Å². The number of carbonyl (C=O) groups excluding carboxylic acids is 2. The first kappa shape index (κ1) is 27.1. The molecule has 2 aromatic carbocycles. The van der Waals surface area contributed by atoms with Crippen LogP contribution in [0.5, 0.6) is 0 Å². The van der Waals surface area contributed by atoms with E-state index in [4.69, 9.17) is 14.6 Å². The van der Waals surface area contributed by atoms with Gasteiger partial charge in [-0.2, -0.15) is 0 Å². The molecule has 0 unspecified atom stereocenters. The first-order valence-electron chi connectivity index (χ1n) is 10.6. The molecule has 0 aliphatic carbocycles. The number of hydrogen-bond donors (Lipinski definition) is 2. The molecule has 0 heterocycles. The molecule has 35 heavy (non-hydrogen) atoms. The Morgan fingerprint density at radius 1 is 1.03 bits per heavy atom. The maximum absolute atomic E-state index is 12.9. The minimum Gasteiger partial charge on any atom is -0.481 e. The third kappa shape index (κ3) is 8.01. The van der Waals surface area contributed by atoms with Gasteiger partial charge in [-0.25, -0.2) is 18.0 Å². The highest BCUT2D eigenvalue weighted by atomic mass is 32.2. The van der Waals surface area contributed by atoms with E-state index >= 15 is 0 Å². The number of carboxylic acids is 1. The van der Waals surface area contributed by atoms with Crippen LogP contribution in [0.25, 0.3) is 0 Å². The second-order valence-corrected chi connectivity index (χ2v) is 8.81. The van der Waals surface area contributed by atoms with Gasteiger partial charge >= 0.3 is 17.9 Å². The first-order chi connectivity index (χ1) is 16.6. The predicted octanol–water partition coefficient (Wildman–Crippen LogP) is 3.29. The lowest BCUT2D eigenvalue weighted by atomic mass is 10.1. The Bertz CT molecular complexity index is 1300. The Balaban J connectivity index is 2.52. The van der Waals surface area contributed by atoms with Gasteiger partial charge in [0.2, 0.25) is 0 Å². The molecule has 2 rings (SSSR count). The highest BCUT2D eigenvalue weighted by molar-refractivity contribution is 7.92. The van der Waals surface area contributed by atoms with Crippen molar-refractivity contribution >= 4 is 33.6 Å². The summed E-state index contributed by atoms with van der Waals surface area (Å²) in [6, 6.07) is 10.3. The number of allylic oxidation sites excluding steroid dienone is 1. The Kier molecular flexibility index (Phi) is 9.61. The van der Waals surface area contributed by atoms with Gasteiger partial charge in [0.25, 0.3) is 10.0 Å². The largest absolute Gasteiger partial charge is 0.481 e. The van der Waals surface area contributed by atoms with E-state index in [9.17, 15) is 22.8 Å². The lowest BCUT2D eigenvalue weighted by Crippen LogP contribution is -2.14. The van der Waals surface area contributed by atoms with Crippen LogP contribution in [0.3, 0.4) is 0 Å². The summed E-state index contributed by atoms with van der Waals surface area (Å²) >= 11 is 0. The van der Waals surface area contributed by atoms with Gasteiger partial charge in [-0.3, -0.25) is 9.52 Å². The molecule has 0 aromatic heterocycles. The number of sulfonamides is 1. The second-order valence-electron chi connectivity index (χ2n) is 7.13. The SMILES string of the molecule is CCOC(=O)/C(=C/C#Cc1cc(C(=O)OCC)ccc1NS(=O)(=O)c1ccc(C)cc1)CC(=O)O. The van der Waals surface area contributed by atoms with Crippen molar-refractivity contribution in [3.05, 3.63) is 70.8 Å². The number of carbonyl (C=O) groups is 3. The zero-order valence-corrected chi connectivity index (χ0v) is 20.3. The highest BCUT2D eigenvalue weighted by Gasteiger charge is 2.18. The van der Waals surface area contributed by atoms with Crippen molar-refractivity contribution in [3.63, 3.8) is 0 Å². The maximum atomic E-state index is 12.9. The summed E-state index contributed by atoms with van der Waals surface area (Å²) in [6.45, 7) is 5.24. The molecular formula is C25H25NO8S. The Morgan fingerprint density at radius 2 is 1.69 bits per heavy atom. The fourth-order valence-electron chi connectivity index (χ4n) is 2.77. The van der Waals surface area contributed by atoms with Crippen LogP contribution in [-0.2, 0) is 29.1 Å². The molecule has 9 nitrogen and oxygen atoms in total. The fraction of sp³-hybridized carbons (Fsp3) is 0.240. The number of aryl methyl sites for hydroxylation is 1. The molecule has 2 N–H and O–H groups in total. The molecule has 0 aliphatic heterocycles. The smallest absolute Gasteiger partial charge is 0.338 e. The molecule has 10 heteroatoms. The van der Waals surface area contributed by atoms with Crippen molar-refractivity contribution in [2.24, 2.45) is 0 Å². The van der Waals surface area contributed by atoms with E-state index in [-0.39, 0.29) is 40.5 Å². The van der Waals surface area contributed by atoms with Crippen molar-refractivity contribution in [1.29, 1.82) is 0 Å². The summed E-state index contributed by atoms with van der Waals surface area (Å²) in [6.07, 6.45) is 0.477. The molecule has 0 bridgehead atoms. The normalized spacial score (nSPS) is 11.1. The van der Waals surface area contributed by atoms with Gasteiger partial charge in [-0.05, 0) is 57.2 Å². The van der Waals surface area contributed by atoms with Crippen molar-refractivity contribution in [2.75, 3.05) is 17.9 Å². The number of hydrogen-bond acceptors (Lipinski definition) is 7. The third-order valence-corrected chi connectivity index (χ3v) is 5.82. The summed E-state index contributed by atoms with van der Waals surface area (Å²) in [5.74, 6) is 2.52. The molecule has 0 amide bonds. The van der Waals surface area contributed by atoms with E-state index in [0.717, 1.165) is 11.6 Å². The Labute approximate surface area is 203 Å².